The molecule has 3 aromatic heterocycles. The second-order valence-electron chi connectivity index (χ2n) is 8.28. The predicted molar refractivity (Wildman–Crippen MR) is 128 cm³/mol. The minimum absolute atomic E-state index is 0.0222. The highest BCUT2D eigenvalue weighted by Gasteiger charge is 2.22. The van der Waals surface area contributed by atoms with Crippen molar-refractivity contribution in [3.8, 4) is 11.1 Å². The summed E-state index contributed by atoms with van der Waals surface area (Å²) < 4.78 is 1.88. The lowest BCUT2D eigenvalue weighted by atomic mass is 9.99. The van der Waals surface area contributed by atoms with Crippen LogP contribution in [0.1, 0.15) is 31.4 Å². The molecule has 168 valence electrons. The summed E-state index contributed by atoms with van der Waals surface area (Å²) in [5, 5.41) is 15.4. The molecule has 1 aromatic carbocycles. The molecule has 1 aliphatic heterocycles. The third-order valence-corrected chi connectivity index (χ3v) is 6.39. The van der Waals surface area contributed by atoms with Crippen LogP contribution >= 0.6 is 11.6 Å². The molecule has 0 spiro atoms. The van der Waals surface area contributed by atoms with Crippen molar-refractivity contribution in [1.29, 1.82) is 0 Å². The molecule has 2 N–H and O–H groups in total. The molecule has 1 fully saturated rings. The summed E-state index contributed by atoms with van der Waals surface area (Å²) in [6.45, 7) is 3.71. The Morgan fingerprint density at radius 1 is 1.27 bits per heavy atom. The summed E-state index contributed by atoms with van der Waals surface area (Å²) >= 11 is 6.51. The Kier molecular flexibility index (Phi) is 6.02. The lowest BCUT2D eigenvalue weighted by Crippen LogP contribution is -2.37. The number of anilines is 1. The fourth-order valence-corrected chi connectivity index (χ4v) is 4.40. The number of piperidine rings is 1. The van der Waals surface area contributed by atoms with E-state index in [4.69, 9.17) is 11.6 Å². The Morgan fingerprint density at radius 3 is 2.97 bits per heavy atom. The van der Waals surface area contributed by atoms with E-state index in [1.807, 2.05) is 47.3 Å². The van der Waals surface area contributed by atoms with Crippen LogP contribution in [0.4, 0.5) is 5.82 Å². The Bertz CT molecular complexity index is 1280. The van der Waals surface area contributed by atoms with Crippen molar-refractivity contribution in [2.24, 2.45) is 5.92 Å². The minimum atomic E-state index is -0.0505. The van der Waals surface area contributed by atoms with Gasteiger partial charge in [-0.05, 0) is 61.7 Å². The molecule has 4 aromatic rings. The van der Waals surface area contributed by atoms with Crippen LogP contribution in [0.15, 0.2) is 55.0 Å². The molecule has 1 amide bonds. The number of hydrogen-bond donors (Lipinski definition) is 2. The molecule has 2 atom stereocenters. The third-order valence-electron chi connectivity index (χ3n) is 6.09. The van der Waals surface area contributed by atoms with Crippen molar-refractivity contribution in [3.63, 3.8) is 0 Å². The topological polar surface area (TPSA) is 97.6 Å². The van der Waals surface area contributed by atoms with Crippen molar-refractivity contribution in [2.45, 2.75) is 25.8 Å². The van der Waals surface area contributed by atoms with Crippen LogP contribution in [0.3, 0.4) is 0 Å². The Hall–Kier alpha value is -3.36. The highest BCUT2D eigenvalue weighted by atomic mass is 35.5. The van der Waals surface area contributed by atoms with Gasteiger partial charge in [0.1, 0.15) is 11.3 Å². The molecule has 1 aliphatic rings. The van der Waals surface area contributed by atoms with Crippen molar-refractivity contribution in [3.05, 3.63) is 65.6 Å². The smallest absolute Gasteiger partial charge is 0.229 e. The lowest BCUT2D eigenvalue weighted by molar-refractivity contribution is -0.120. The molecular formula is C24H24ClN7O. The summed E-state index contributed by atoms with van der Waals surface area (Å²) in [6.07, 6.45) is 7.03. The van der Waals surface area contributed by atoms with E-state index in [2.05, 4.69) is 37.8 Å². The molecule has 0 aliphatic carbocycles. The van der Waals surface area contributed by atoms with Crippen LogP contribution in [0.5, 0.6) is 0 Å². The molecule has 0 radical (unpaired) electrons. The second kappa shape index (κ2) is 9.25. The van der Waals surface area contributed by atoms with Crippen molar-refractivity contribution >= 4 is 34.4 Å². The van der Waals surface area contributed by atoms with Gasteiger partial charge >= 0.3 is 0 Å². The van der Waals surface area contributed by atoms with Crippen LogP contribution in [-0.2, 0) is 4.79 Å². The fraction of sp³-hybridized carbons (Fsp3) is 0.292. The van der Waals surface area contributed by atoms with Crippen LogP contribution in [0.2, 0.25) is 5.02 Å². The molecule has 4 heterocycles. The predicted octanol–water partition coefficient (Wildman–Crippen LogP) is 4.09. The zero-order valence-corrected chi connectivity index (χ0v) is 19.0. The van der Waals surface area contributed by atoms with Gasteiger partial charge in [0.25, 0.3) is 0 Å². The number of pyridine rings is 2. The number of carbonyl (C=O) groups excluding carboxylic acids is 1. The van der Waals surface area contributed by atoms with E-state index < -0.39 is 0 Å². The highest BCUT2D eigenvalue weighted by Crippen LogP contribution is 2.32. The number of halogens is 1. The van der Waals surface area contributed by atoms with Gasteiger partial charge in [-0.3, -0.25) is 9.78 Å². The number of nitrogens with one attached hydrogen (secondary N) is 2. The largest absolute Gasteiger partial charge is 0.316 e. The standard InChI is InChI=1S/C24H24ClN7O/c1-15(17-4-2-8-26-12-17)32-22-10-16(6-7-21(22)30-31-32)19-11-23(28-14-20(19)25)29-24(33)18-5-3-9-27-13-18/h2,4,6-8,10-12,14-15,18,27H,3,5,9,13H2,1H3,(H,28,29,33). The van der Waals surface area contributed by atoms with E-state index in [0.29, 0.717) is 17.4 Å². The van der Waals surface area contributed by atoms with Gasteiger partial charge in [0.05, 0.1) is 22.5 Å². The molecular weight excluding hydrogens is 438 g/mol. The number of nitrogens with zero attached hydrogens (tertiary/aromatic N) is 5. The number of hydrogen-bond acceptors (Lipinski definition) is 6. The SMILES string of the molecule is CC(c1cccnc1)n1nnc2ccc(-c3cc(NC(=O)C4CCCNC4)ncc3Cl)cc21. The fourth-order valence-electron chi connectivity index (χ4n) is 4.19. The molecule has 0 saturated carbocycles. The molecule has 1 saturated heterocycles. The van der Waals surface area contributed by atoms with Gasteiger partial charge in [-0.1, -0.05) is 28.9 Å². The molecule has 0 bridgehead atoms. The van der Waals surface area contributed by atoms with Gasteiger partial charge in [-0.2, -0.15) is 0 Å². The first-order valence-corrected chi connectivity index (χ1v) is 11.4. The Labute approximate surface area is 196 Å². The number of benzene rings is 1. The lowest BCUT2D eigenvalue weighted by Gasteiger charge is -2.21. The first kappa shape index (κ1) is 21.5. The van der Waals surface area contributed by atoms with Crippen LogP contribution in [-0.4, -0.2) is 44.0 Å². The molecule has 5 rings (SSSR count). The van der Waals surface area contributed by atoms with Gasteiger partial charge in [0.2, 0.25) is 5.91 Å². The average Bonchev–Trinajstić information content (AvgIpc) is 3.29. The monoisotopic (exact) mass is 461 g/mol. The number of aromatic nitrogens is 5. The number of rotatable bonds is 5. The number of amides is 1. The van der Waals surface area contributed by atoms with Crippen LogP contribution in [0, 0.1) is 5.92 Å². The van der Waals surface area contributed by atoms with E-state index in [1.165, 1.54) is 0 Å². The maximum Gasteiger partial charge on any atom is 0.229 e. The quantitative estimate of drug-likeness (QED) is 0.464. The third kappa shape index (κ3) is 4.44. The number of carbonyl (C=O) groups is 1. The summed E-state index contributed by atoms with van der Waals surface area (Å²) in [5.74, 6) is 0.414. The molecule has 33 heavy (non-hydrogen) atoms. The van der Waals surface area contributed by atoms with Crippen LogP contribution < -0.4 is 10.6 Å². The summed E-state index contributed by atoms with van der Waals surface area (Å²) in [4.78, 5) is 21.2. The van der Waals surface area contributed by atoms with Crippen molar-refractivity contribution in [1.82, 2.24) is 30.3 Å². The van der Waals surface area contributed by atoms with Gasteiger partial charge in [0, 0.05) is 30.7 Å². The summed E-state index contributed by atoms with van der Waals surface area (Å²) in [7, 11) is 0. The average molecular weight is 462 g/mol. The van der Waals surface area contributed by atoms with Gasteiger partial charge in [-0.25, -0.2) is 9.67 Å². The van der Waals surface area contributed by atoms with Crippen molar-refractivity contribution < 1.29 is 4.79 Å². The maximum atomic E-state index is 12.6. The van der Waals surface area contributed by atoms with E-state index in [0.717, 1.165) is 47.1 Å². The van der Waals surface area contributed by atoms with Gasteiger partial charge in [0.15, 0.2) is 0 Å². The molecule has 8 nitrogen and oxygen atoms in total. The first-order valence-electron chi connectivity index (χ1n) is 11.0. The first-order chi connectivity index (χ1) is 16.1. The summed E-state index contributed by atoms with van der Waals surface area (Å²) in [6, 6.07) is 11.6. The minimum Gasteiger partial charge on any atom is -0.316 e. The van der Waals surface area contributed by atoms with Gasteiger partial charge in [-0.15, -0.1) is 5.10 Å². The van der Waals surface area contributed by atoms with Crippen LogP contribution in [0.25, 0.3) is 22.2 Å². The normalized spacial score (nSPS) is 17.1. The van der Waals surface area contributed by atoms with E-state index >= 15 is 0 Å². The zero-order chi connectivity index (χ0) is 22.8. The zero-order valence-electron chi connectivity index (χ0n) is 18.2. The Balaban J connectivity index is 1.46. The van der Waals surface area contributed by atoms with E-state index in [-0.39, 0.29) is 17.9 Å². The molecule has 2 unspecified atom stereocenters. The van der Waals surface area contributed by atoms with Gasteiger partial charge < -0.3 is 10.6 Å². The maximum absolute atomic E-state index is 12.6. The Morgan fingerprint density at radius 2 is 2.18 bits per heavy atom. The number of fused-ring (bicyclic) bond motifs is 1. The molecule has 9 heteroatoms. The van der Waals surface area contributed by atoms with Crippen molar-refractivity contribution in [2.75, 3.05) is 18.4 Å². The van der Waals surface area contributed by atoms with E-state index in [1.54, 1.807) is 12.4 Å². The van der Waals surface area contributed by atoms with E-state index in [9.17, 15) is 4.79 Å². The second-order valence-corrected chi connectivity index (χ2v) is 8.69. The summed E-state index contributed by atoms with van der Waals surface area (Å²) in [5.41, 5.74) is 4.39. The highest BCUT2D eigenvalue weighted by molar-refractivity contribution is 6.33.